The number of hydrogen-bond acceptors (Lipinski definition) is 3. The molecule has 0 fully saturated rings. The fourth-order valence-corrected chi connectivity index (χ4v) is 2.31. The Hall–Kier alpha value is -1.60. The minimum absolute atomic E-state index is 0.218. The molecule has 0 aromatic heterocycles. The van der Waals surface area contributed by atoms with Crippen LogP contribution in [0.15, 0.2) is 24.3 Å². The average Bonchev–Trinajstić information content (AvgIpc) is 2.40. The molecular weight excluding hydrogens is 253 g/mol. The summed E-state index contributed by atoms with van der Waals surface area (Å²) in [6.45, 7) is 9.27. The molecule has 0 aliphatic rings. The zero-order chi connectivity index (χ0) is 15.2. The second-order valence-electron chi connectivity index (χ2n) is 5.52. The summed E-state index contributed by atoms with van der Waals surface area (Å²) >= 11 is 0. The first-order valence-electron chi connectivity index (χ1n) is 7.10. The molecular formula is C16H24FN3. The predicted molar refractivity (Wildman–Crippen MR) is 81.2 cm³/mol. The fourth-order valence-electron chi connectivity index (χ4n) is 2.31. The van der Waals surface area contributed by atoms with Gasteiger partial charge in [-0.05, 0) is 46.2 Å². The minimum atomic E-state index is -0.590. The first-order valence-corrected chi connectivity index (χ1v) is 7.10. The summed E-state index contributed by atoms with van der Waals surface area (Å²) in [6.07, 6.45) is 0.643. The number of hydrogen-bond donors (Lipinski definition) is 1. The molecule has 1 rings (SSSR count). The predicted octanol–water partition coefficient (Wildman–Crippen LogP) is 3.32. The lowest BCUT2D eigenvalue weighted by atomic mass is 9.98. The van der Waals surface area contributed by atoms with Crippen molar-refractivity contribution in [1.29, 1.82) is 5.26 Å². The highest BCUT2D eigenvalue weighted by Gasteiger charge is 2.25. The third kappa shape index (κ3) is 4.50. The van der Waals surface area contributed by atoms with Crippen molar-refractivity contribution in [2.24, 2.45) is 0 Å². The van der Waals surface area contributed by atoms with Crippen molar-refractivity contribution < 1.29 is 4.39 Å². The van der Waals surface area contributed by atoms with E-state index in [1.54, 1.807) is 12.1 Å². The first-order chi connectivity index (χ1) is 9.41. The van der Waals surface area contributed by atoms with E-state index in [4.69, 9.17) is 0 Å². The van der Waals surface area contributed by atoms with Crippen LogP contribution in [0.25, 0.3) is 0 Å². The summed E-state index contributed by atoms with van der Waals surface area (Å²) in [5.41, 5.74) is 0.00664. The van der Waals surface area contributed by atoms with Crippen LogP contribution in [0, 0.1) is 17.1 Å². The molecule has 110 valence electrons. The summed E-state index contributed by atoms with van der Waals surface area (Å²) in [5, 5.41) is 12.6. The van der Waals surface area contributed by atoms with E-state index >= 15 is 0 Å². The normalized spacial score (nSPS) is 13.8. The van der Waals surface area contributed by atoms with Crippen LogP contribution >= 0.6 is 0 Å². The van der Waals surface area contributed by atoms with Crippen molar-refractivity contribution in [2.45, 2.75) is 45.7 Å². The van der Waals surface area contributed by atoms with Gasteiger partial charge in [-0.15, -0.1) is 0 Å². The largest absolute Gasteiger partial charge is 0.369 e. The number of nitriles is 1. The lowest BCUT2D eigenvalue weighted by molar-refractivity contribution is 0.382. The van der Waals surface area contributed by atoms with E-state index in [1.807, 2.05) is 38.7 Å². The van der Waals surface area contributed by atoms with Gasteiger partial charge in [0.2, 0.25) is 0 Å². The average molecular weight is 277 g/mol. The van der Waals surface area contributed by atoms with Gasteiger partial charge in [-0.2, -0.15) is 5.26 Å². The second kappa shape index (κ2) is 7.25. The van der Waals surface area contributed by atoms with Crippen LogP contribution in [0.4, 0.5) is 10.1 Å². The quantitative estimate of drug-likeness (QED) is 0.831. The van der Waals surface area contributed by atoms with Crippen LogP contribution in [0.3, 0.4) is 0 Å². The molecule has 0 aliphatic carbocycles. The topological polar surface area (TPSA) is 39.1 Å². The third-order valence-corrected chi connectivity index (χ3v) is 3.31. The van der Waals surface area contributed by atoms with Crippen molar-refractivity contribution >= 4 is 5.69 Å². The first kappa shape index (κ1) is 16.5. The number of benzene rings is 1. The van der Waals surface area contributed by atoms with Gasteiger partial charge >= 0.3 is 0 Å². The van der Waals surface area contributed by atoms with Crippen molar-refractivity contribution in [1.82, 2.24) is 5.32 Å². The molecule has 0 saturated carbocycles. The molecule has 1 atom stereocenters. The number of nitrogens with one attached hydrogen (secondary N) is 1. The second-order valence-corrected chi connectivity index (χ2v) is 5.52. The molecule has 20 heavy (non-hydrogen) atoms. The SMILES string of the molecule is CCN(CCC(C)(C#N)NC(C)C)c1ccccc1F. The Morgan fingerprint density at radius 2 is 2.05 bits per heavy atom. The number of halogens is 1. The van der Waals surface area contributed by atoms with E-state index in [0.717, 1.165) is 0 Å². The highest BCUT2D eigenvalue weighted by molar-refractivity contribution is 5.47. The van der Waals surface area contributed by atoms with Gasteiger partial charge in [0.1, 0.15) is 11.4 Å². The van der Waals surface area contributed by atoms with Crippen LogP contribution in [0.1, 0.15) is 34.1 Å². The summed E-state index contributed by atoms with van der Waals surface area (Å²) in [5.74, 6) is -0.218. The van der Waals surface area contributed by atoms with Crippen molar-refractivity contribution in [3.05, 3.63) is 30.1 Å². The van der Waals surface area contributed by atoms with Crippen LogP contribution < -0.4 is 10.2 Å². The molecule has 0 spiro atoms. The number of anilines is 1. The van der Waals surface area contributed by atoms with Gasteiger partial charge in [0.25, 0.3) is 0 Å². The molecule has 1 aromatic carbocycles. The Balaban J connectivity index is 2.75. The molecule has 0 aliphatic heterocycles. The van der Waals surface area contributed by atoms with Gasteiger partial charge in [0, 0.05) is 19.1 Å². The zero-order valence-corrected chi connectivity index (χ0v) is 12.8. The van der Waals surface area contributed by atoms with Crippen LogP contribution in [0.2, 0.25) is 0 Å². The van der Waals surface area contributed by atoms with E-state index in [0.29, 0.717) is 25.2 Å². The molecule has 0 heterocycles. The standard InChI is InChI=1S/C16H24FN3/c1-5-20(15-9-7-6-8-14(15)17)11-10-16(4,12-18)19-13(2)3/h6-9,13,19H,5,10-11H2,1-4H3. The van der Waals surface area contributed by atoms with Crippen LogP contribution in [0.5, 0.6) is 0 Å². The van der Waals surface area contributed by atoms with E-state index in [-0.39, 0.29) is 11.9 Å². The molecule has 3 nitrogen and oxygen atoms in total. The Kier molecular flexibility index (Phi) is 5.97. The van der Waals surface area contributed by atoms with Gasteiger partial charge in [0.15, 0.2) is 0 Å². The molecule has 0 saturated heterocycles. The van der Waals surface area contributed by atoms with Crippen LogP contribution in [-0.4, -0.2) is 24.7 Å². The van der Waals surface area contributed by atoms with Crippen molar-refractivity contribution in [3.63, 3.8) is 0 Å². The minimum Gasteiger partial charge on any atom is -0.369 e. The number of para-hydroxylation sites is 1. The summed E-state index contributed by atoms with van der Waals surface area (Å²) in [7, 11) is 0. The zero-order valence-electron chi connectivity index (χ0n) is 12.8. The Bertz CT molecular complexity index is 467. The van der Waals surface area contributed by atoms with Crippen LogP contribution in [-0.2, 0) is 0 Å². The molecule has 1 unspecified atom stereocenters. The number of nitrogens with zero attached hydrogens (tertiary/aromatic N) is 2. The van der Waals surface area contributed by atoms with Gasteiger partial charge in [-0.1, -0.05) is 12.1 Å². The Morgan fingerprint density at radius 1 is 1.40 bits per heavy atom. The van der Waals surface area contributed by atoms with Crippen molar-refractivity contribution in [3.8, 4) is 6.07 Å². The molecule has 4 heteroatoms. The lowest BCUT2D eigenvalue weighted by Crippen LogP contribution is -2.47. The third-order valence-electron chi connectivity index (χ3n) is 3.31. The number of rotatable bonds is 7. The monoisotopic (exact) mass is 277 g/mol. The van der Waals surface area contributed by atoms with Gasteiger partial charge in [0.05, 0.1) is 11.8 Å². The summed E-state index contributed by atoms with van der Waals surface area (Å²) in [4.78, 5) is 1.97. The Morgan fingerprint density at radius 3 is 2.55 bits per heavy atom. The van der Waals surface area contributed by atoms with E-state index in [2.05, 4.69) is 11.4 Å². The van der Waals surface area contributed by atoms with Crippen molar-refractivity contribution in [2.75, 3.05) is 18.0 Å². The fraction of sp³-hybridized carbons (Fsp3) is 0.562. The molecule has 0 bridgehead atoms. The highest BCUT2D eigenvalue weighted by atomic mass is 19.1. The molecule has 1 N–H and O–H groups in total. The maximum absolute atomic E-state index is 13.8. The molecule has 0 radical (unpaired) electrons. The molecule has 1 aromatic rings. The smallest absolute Gasteiger partial charge is 0.146 e. The summed E-state index contributed by atoms with van der Waals surface area (Å²) in [6, 6.07) is 9.32. The van der Waals surface area contributed by atoms with Gasteiger partial charge in [-0.25, -0.2) is 4.39 Å². The van der Waals surface area contributed by atoms with E-state index < -0.39 is 5.54 Å². The highest BCUT2D eigenvalue weighted by Crippen LogP contribution is 2.20. The van der Waals surface area contributed by atoms with E-state index in [1.165, 1.54) is 6.07 Å². The lowest BCUT2D eigenvalue weighted by Gasteiger charge is -2.30. The maximum atomic E-state index is 13.8. The van der Waals surface area contributed by atoms with Gasteiger partial charge in [-0.3, -0.25) is 5.32 Å². The van der Waals surface area contributed by atoms with Gasteiger partial charge < -0.3 is 4.90 Å². The molecule has 0 amide bonds. The summed E-state index contributed by atoms with van der Waals surface area (Å²) < 4.78 is 13.8. The Labute approximate surface area is 121 Å². The van der Waals surface area contributed by atoms with E-state index in [9.17, 15) is 9.65 Å². The maximum Gasteiger partial charge on any atom is 0.146 e.